The first-order valence-corrected chi connectivity index (χ1v) is 6.16. The number of nitrogens with one attached hydrogen (secondary N) is 1. The lowest BCUT2D eigenvalue weighted by Gasteiger charge is -2.06. The Morgan fingerprint density at radius 1 is 1.27 bits per heavy atom. The van der Waals surface area contributed by atoms with Gasteiger partial charge in [-0.15, -0.1) is 0 Å². The van der Waals surface area contributed by atoms with Crippen LogP contribution in [0.3, 0.4) is 0 Å². The van der Waals surface area contributed by atoms with Crippen LogP contribution in [0.15, 0.2) is 18.2 Å². The molecule has 1 fully saturated rings. The van der Waals surface area contributed by atoms with E-state index in [2.05, 4.69) is 5.32 Å². The van der Waals surface area contributed by atoms with Crippen LogP contribution in [0.1, 0.15) is 24.8 Å². The molecule has 0 spiro atoms. The fraction of sp³-hybridized carbons (Fsp3) is 0.500. The monoisotopic (exact) mass is 243 g/mol. The highest BCUT2D eigenvalue weighted by Gasteiger charge is 2.19. The number of hydrogen-bond donors (Lipinski definition) is 1. The fourth-order valence-corrected chi connectivity index (χ4v) is 2.08. The molecular formula is C12H15Cl2N. The Hall–Kier alpha value is -0.240. The van der Waals surface area contributed by atoms with Gasteiger partial charge in [0.05, 0.1) is 0 Å². The summed E-state index contributed by atoms with van der Waals surface area (Å²) in [6.45, 7) is 1.92. The molecule has 0 radical (unpaired) electrons. The third-order valence-corrected chi connectivity index (χ3v) is 3.34. The fourth-order valence-electron chi connectivity index (χ4n) is 1.60. The van der Waals surface area contributed by atoms with Gasteiger partial charge >= 0.3 is 0 Å². The van der Waals surface area contributed by atoms with Gasteiger partial charge in [0.15, 0.2) is 0 Å². The van der Waals surface area contributed by atoms with Crippen LogP contribution in [0, 0.1) is 5.92 Å². The van der Waals surface area contributed by atoms with E-state index in [0.29, 0.717) is 5.02 Å². The quantitative estimate of drug-likeness (QED) is 0.775. The minimum Gasteiger partial charge on any atom is -0.313 e. The van der Waals surface area contributed by atoms with Crippen molar-refractivity contribution in [3.05, 3.63) is 33.8 Å². The molecule has 0 amide bonds. The number of halogens is 2. The summed E-state index contributed by atoms with van der Waals surface area (Å²) in [5.41, 5.74) is 1.12. The molecule has 0 aliphatic heterocycles. The highest BCUT2D eigenvalue weighted by Crippen LogP contribution is 2.31. The lowest BCUT2D eigenvalue weighted by atomic mass is 10.2. The number of rotatable bonds is 5. The van der Waals surface area contributed by atoms with Crippen molar-refractivity contribution in [1.29, 1.82) is 0 Å². The maximum atomic E-state index is 6.06. The zero-order chi connectivity index (χ0) is 10.7. The zero-order valence-electron chi connectivity index (χ0n) is 8.60. The van der Waals surface area contributed by atoms with Crippen molar-refractivity contribution in [3.8, 4) is 0 Å². The smallest absolute Gasteiger partial charge is 0.0465 e. The molecule has 1 aliphatic rings. The van der Waals surface area contributed by atoms with Crippen LogP contribution in [0.2, 0.25) is 10.0 Å². The van der Waals surface area contributed by atoms with E-state index in [-0.39, 0.29) is 0 Å². The van der Waals surface area contributed by atoms with E-state index in [9.17, 15) is 0 Å². The van der Waals surface area contributed by atoms with E-state index in [4.69, 9.17) is 23.2 Å². The summed E-state index contributed by atoms with van der Waals surface area (Å²) >= 11 is 11.9. The van der Waals surface area contributed by atoms with Crippen molar-refractivity contribution in [3.63, 3.8) is 0 Å². The molecule has 0 saturated heterocycles. The molecule has 1 aromatic rings. The summed E-state index contributed by atoms with van der Waals surface area (Å²) in [6, 6.07) is 5.65. The minimum atomic E-state index is 0.696. The van der Waals surface area contributed by atoms with Gasteiger partial charge in [0.25, 0.3) is 0 Å². The Balaban J connectivity index is 1.76. The molecule has 1 aromatic carbocycles. The van der Waals surface area contributed by atoms with Gasteiger partial charge in [0.2, 0.25) is 0 Å². The van der Waals surface area contributed by atoms with E-state index >= 15 is 0 Å². The van der Waals surface area contributed by atoms with Gasteiger partial charge in [-0.2, -0.15) is 0 Å². The van der Waals surface area contributed by atoms with Crippen LogP contribution in [0.25, 0.3) is 0 Å². The molecule has 1 nitrogen and oxygen atoms in total. The SMILES string of the molecule is Clc1ccc(CNCCC2CC2)c(Cl)c1. The van der Waals surface area contributed by atoms with Gasteiger partial charge in [0, 0.05) is 16.6 Å². The van der Waals surface area contributed by atoms with Crippen LogP contribution < -0.4 is 5.32 Å². The van der Waals surface area contributed by atoms with Gasteiger partial charge < -0.3 is 5.32 Å². The first-order chi connectivity index (χ1) is 7.25. The lowest BCUT2D eigenvalue weighted by Crippen LogP contribution is -2.15. The molecular weight excluding hydrogens is 229 g/mol. The third-order valence-electron chi connectivity index (χ3n) is 2.76. The summed E-state index contributed by atoms with van der Waals surface area (Å²) in [5.74, 6) is 0.984. The van der Waals surface area contributed by atoms with Gasteiger partial charge in [-0.25, -0.2) is 0 Å². The Morgan fingerprint density at radius 3 is 2.73 bits per heavy atom. The number of benzene rings is 1. The zero-order valence-corrected chi connectivity index (χ0v) is 10.1. The minimum absolute atomic E-state index is 0.696. The molecule has 0 aromatic heterocycles. The second-order valence-electron chi connectivity index (χ2n) is 4.14. The molecule has 3 heteroatoms. The normalized spacial score (nSPS) is 15.6. The van der Waals surface area contributed by atoms with Crippen LogP contribution >= 0.6 is 23.2 Å². The molecule has 2 rings (SSSR count). The van der Waals surface area contributed by atoms with E-state index in [0.717, 1.165) is 29.6 Å². The Kier molecular flexibility index (Phi) is 3.90. The van der Waals surface area contributed by atoms with Gasteiger partial charge in [-0.05, 0) is 36.6 Å². The summed E-state index contributed by atoms with van der Waals surface area (Å²) < 4.78 is 0. The van der Waals surface area contributed by atoms with Crippen LogP contribution in [0.4, 0.5) is 0 Å². The second-order valence-corrected chi connectivity index (χ2v) is 4.99. The van der Waals surface area contributed by atoms with Crippen LogP contribution in [-0.4, -0.2) is 6.54 Å². The van der Waals surface area contributed by atoms with Crippen molar-refractivity contribution in [2.45, 2.75) is 25.8 Å². The van der Waals surface area contributed by atoms with Crippen LogP contribution in [-0.2, 0) is 6.54 Å². The molecule has 1 aliphatic carbocycles. The highest BCUT2D eigenvalue weighted by molar-refractivity contribution is 6.35. The average Bonchev–Trinajstić information content (AvgIpc) is 2.99. The summed E-state index contributed by atoms with van der Waals surface area (Å²) in [6.07, 6.45) is 4.14. The van der Waals surface area contributed by atoms with Crippen LogP contribution in [0.5, 0.6) is 0 Å². The van der Waals surface area contributed by atoms with Crippen molar-refractivity contribution in [2.24, 2.45) is 5.92 Å². The van der Waals surface area contributed by atoms with Gasteiger partial charge in [0.1, 0.15) is 0 Å². The Bertz CT molecular complexity index is 334. The predicted molar refractivity (Wildman–Crippen MR) is 65.5 cm³/mol. The van der Waals surface area contributed by atoms with Crippen molar-refractivity contribution < 1.29 is 0 Å². The maximum absolute atomic E-state index is 6.06. The van der Waals surface area contributed by atoms with E-state index in [1.165, 1.54) is 19.3 Å². The van der Waals surface area contributed by atoms with E-state index in [1.54, 1.807) is 6.07 Å². The summed E-state index contributed by atoms with van der Waals surface area (Å²) in [4.78, 5) is 0. The predicted octanol–water partition coefficient (Wildman–Crippen LogP) is 3.88. The maximum Gasteiger partial charge on any atom is 0.0465 e. The standard InChI is InChI=1S/C12H15Cl2N/c13-11-4-3-10(12(14)7-11)8-15-6-5-9-1-2-9/h3-4,7,9,15H,1-2,5-6,8H2. The van der Waals surface area contributed by atoms with Gasteiger partial charge in [-0.1, -0.05) is 42.1 Å². The molecule has 82 valence electrons. The molecule has 15 heavy (non-hydrogen) atoms. The van der Waals surface area contributed by atoms with Gasteiger partial charge in [-0.3, -0.25) is 0 Å². The first-order valence-electron chi connectivity index (χ1n) is 5.40. The molecule has 0 unspecified atom stereocenters. The molecule has 1 saturated carbocycles. The summed E-state index contributed by atoms with van der Waals surface area (Å²) in [5, 5.41) is 4.85. The molecule has 1 N–H and O–H groups in total. The van der Waals surface area contributed by atoms with E-state index < -0.39 is 0 Å². The van der Waals surface area contributed by atoms with Crippen molar-refractivity contribution >= 4 is 23.2 Å². The largest absolute Gasteiger partial charge is 0.313 e. The van der Waals surface area contributed by atoms with Crippen molar-refractivity contribution in [2.75, 3.05) is 6.54 Å². The first kappa shape index (κ1) is 11.3. The molecule has 0 heterocycles. The second kappa shape index (κ2) is 5.20. The lowest BCUT2D eigenvalue weighted by molar-refractivity contribution is 0.613. The molecule has 0 bridgehead atoms. The Morgan fingerprint density at radius 2 is 2.07 bits per heavy atom. The topological polar surface area (TPSA) is 12.0 Å². The average molecular weight is 244 g/mol. The Labute approximate surface area is 101 Å². The van der Waals surface area contributed by atoms with Crippen molar-refractivity contribution in [1.82, 2.24) is 5.32 Å². The van der Waals surface area contributed by atoms with E-state index in [1.807, 2.05) is 12.1 Å². The highest BCUT2D eigenvalue weighted by atomic mass is 35.5. The number of hydrogen-bond acceptors (Lipinski definition) is 1. The molecule has 0 atom stereocenters. The third kappa shape index (κ3) is 3.67. The summed E-state index contributed by atoms with van der Waals surface area (Å²) in [7, 11) is 0.